The average Bonchev–Trinajstić information content (AvgIpc) is 2.90. The molecule has 22 heavy (non-hydrogen) atoms. The van der Waals surface area contributed by atoms with Crippen molar-refractivity contribution in [3.05, 3.63) is 34.4 Å². The number of para-hydroxylation sites is 2. The quantitative estimate of drug-likeness (QED) is 0.615. The maximum atomic E-state index is 12.1. The highest BCUT2D eigenvalue weighted by molar-refractivity contribution is 5.81. The van der Waals surface area contributed by atoms with Crippen LogP contribution in [0.3, 0.4) is 0 Å². The van der Waals surface area contributed by atoms with Gasteiger partial charge < -0.3 is 15.3 Å². The molecule has 1 aliphatic carbocycles. The Kier molecular flexibility index (Phi) is 5.32. The van der Waals surface area contributed by atoms with Crippen molar-refractivity contribution in [1.82, 2.24) is 4.90 Å². The Balaban J connectivity index is 1.88. The summed E-state index contributed by atoms with van der Waals surface area (Å²) in [6, 6.07) is 6.23. The lowest BCUT2D eigenvalue weighted by molar-refractivity contribution is -0.383. The van der Waals surface area contributed by atoms with Gasteiger partial charge in [-0.05, 0) is 18.9 Å². The first kappa shape index (κ1) is 16.2. The zero-order valence-corrected chi connectivity index (χ0v) is 12.6. The van der Waals surface area contributed by atoms with E-state index in [0.29, 0.717) is 12.2 Å². The fraction of sp³-hybridized carbons (Fsp3) is 0.533. The van der Waals surface area contributed by atoms with Crippen molar-refractivity contribution < 1.29 is 14.8 Å². The molecular formula is C15H21N3O4. The Hall–Kier alpha value is -2.15. The van der Waals surface area contributed by atoms with E-state index in [1.807, 2.05) is 0 Å². The molecule has 1 aromatic carbocycles. The summed E-state index contributed by atoms with van der Waals surface area (Å²) < 4.78 is 0. The number of aliphatic hydroxyl groups is 1. The zero-order valence-electron chi connectivity index (χ0n) is 12.6. The van der Waals surface area contributed by atoms with Crippen molar-refractivity contribution in [2.45, 2.75) is 25.4 Å². The molecule has 120 valence electrons. The van der Waals surface area contributed by atoms with E-state index in [0.717, 1.165) is 19.3 Å². The molecule has 0 heterocycles. The highest BCUT2D eigenvalue weighted by atomic mass is 16.6. The number of carbonyl (C=O) groups is 1. The minimum atomic E-state index is -0.481. The smallest absolute Gasteiger partial charge is 0.292 e. The first-order valence-electron chi connectivity index (χ1n) is 7.38. The van der Waals surface area contributed by atoms with Crippen LogP contribution in [0.5, 0.6) is 0 Å². The monoisotopic (exact) mass is 307 g/mol. The van der Waals surface area contributed by atoms with Crippen molar-refractivity contribution in [3.63, 3.8) is 0 Å². The Morgan fingerprint density at radius 1 is 1.45 bits per heavy atom. The molecule has 0 spiro atoms. The van der Waals surface area contributed by atoms with Crippen LogP contribution >= 0.6 is 0 Å². The number of aliphatic hydroxyl groups excluding tert-OH is 1. The molecular weight excluding hydrogens is 286 g/mol. The van der Waals surface area contributed by atoms with Gasteiger partial charge in [0.05, 0.1) is 17.6 Å². The van der Waals surface area contributed by atoms with E-state index in [2.05, 4.69) is 5.32 Å². The molecule has 1 amide bonds. The topological polar surface area (TPSA) is 95.7 Å². The van der Waals surface area contributed by atoms with E-state index in [9.17, 15) is 20.0 Å². The molecule has 0 aromatic heterocycles. The van der Waals surface area contributed by atoms with Gasteiger partial charge in [0.15, 0.2) is 0 Å². The van der Waals surface area contributed by atoms with Crippen molar-refractivity contribution in [2.24, 2.45) is 5.92 Å². The summed E-state index contributed by atoms with van der Waals surface area (Å²) in [6.45, 7) is 0.503. The second-order valence-electron chi connectivity index (χ2n) is 5.66. The molecule has 0 radical (unpaired) electrons. The number of amides is 1. The van der Waals surface area contributed by atoms with Crippen LogP contribution in [0, 0.1) is 16.0 Å². The van der Waals surface area contributed by atoms with E-state index >= 15 is 0 Å². The summed E-state index contributed by atoms with van der Waals surface area (Å²) in [7, 11) is 1.69. The first-order chi connectivity index (χ1) is 10.5. The number of carbonyl (C=O) groups excluding carboxylic acids is 1. The van der Waals surface area contributed by atoms with Crippen molar-refractivity contribution in [1.29, 1.82) is 0 Å². The number of likely N-dealkylation sites (N-methyl/N-ethyl adjacent to an activating group) is 1. The van der Waals surface area contributed by atoms with Gasteiger partial charge in [0.1, 0.15) is 5.69 Å². The number of hydrogen-bond donors (Lipinski definition) is 2. The van der Waals surface area contributed by atoms with E-state index < -0.39 is 4.92 Å². The molecule has 2 N–H and O–H groups in total. The van der Waals surface area contributed by atoms with Crippen LogP contribution in [0.1, 0.15) is 19.3 Å². The van der Waals surface area contributed by atoms with E-state index in [-0.39, 0.29) is 30.2 Å². The summed E-state index contributed by atoms with van der Waals surface area (Å²) in [5.74, 6) is -0.0303. The lowest BCUT2D eigenvalue weighted by atomic mass is 10.1. The van der Waals surface area contributed by atoms with Crippen molar-refractivity contribution in [3.8, 4) is 0 Å². The van der Waals surface area contributed by atoms with Gasteiger partial charge in [-0.1, -0.05) is 18.6 Å². The first-order valence-corrected chi connectivity index (χ1v) is 7.38. The molecule has 2 rings (SSSR count). The normalized spacial score (nSPS) is 20.6. The van der Waals surface area contributed by atoms with Crippen LogP contribution in [0.2, 0.25) is 0 Å². The lowest BCUT2D eigenvalue weighted by Gasteiger charge is -2.23. The lowest BCUT2D eigenvalue weighted by Crippen LogP contribution is -2.37. The molecule has 1 fully saturated rings. The average molecular weight is 307 g/mol. The van der Waals surface area contributed by atoms with Crippen LogP contribution in [-0.2, 0) is 4.79 Å². The SMILES string of the molecule is CN(CC1CCCC1O)C(=O)CNc1ccccc1[N+](=O)[O-]. The van der Waals surface area contributed by atoms with Gasteiger partial charge in [-0.15, -0.1) is 0 Å². The predicted molar refractivity (Wildman–Crippen MR) is 82.6 cm³/mol. The van der Waals surface area contributed by atoms with Gasteiger partial charge in [0.2, 0.25) is 5.91 Å². The highest BCUT2D eigenvalue weighted by Crippen LogP contribution is 2.26. The Bertz CT molecular complexity index is 549. The Morgan fingerprint density at radius 2 is 2.18 bits per heavy atom. The fourth-order valence-corrected chi connectivity index (χ4v) is 2.77. The second kappa shape index (κ2) is 7.22. The predicted octanol–water partition coefficient (Wildman–Crippen LogP) is 1.63. The summed E-state index contributed by atoms with van der Waals surface area (Å²) in [6.07, 6.45) is 2.37. The molecule has 2 unspecified atom stereocenters. The zero-order chi connectivity index (χ0) is 16.1. The number of anilines is 1. The summed E-state index contributed by atoms with van der Waals surface area (Å²) >= 11 is 0. The molecule has 0 aliphatic heterocycles. The molecule has 0 saturated heterocycles. The number of hydrogen-bond acceptors (Lipinski definition) is 5. The van der Waals surface area contributed by atoms with Crippen LogP contribution in [0.15, 0.2) is 24.3 Å². The van der Waals surface area contributed by atoms with Gasteiger partial charge in [-0.3, -0.25) is 14.9 Å². The molecule has 2 atom stereocenters. The number of nitrogens with zero attached hydrogens (tertiary/aromatic N) is 2. The van der Waals surface area contributed by atoms with Gasteiger partial charge in [-0.2, -0.15) is 0 Å². The van der Waals surface area contributed by atoms with E-state index in [4.69, 9.17) is 0 Å². The van der Waals surface area contributed by atoms with E-state index in [1.165, 1.54) is 6.07 Å². The molecule has 1 aromatic rings. The van der Waals surface area contributed by atoms with Crippen LogP contribution < -0.4 is 5.32 Å². The number of rotatable bonds is 6. The second-order valence-corrected chi connectivity index (χ2v) is 5.66. The van der Waals surface area contributed by atoms with Gasteiger partial charge in [0.25, 0.3) is 5.69 Å². The molecule has 0 bridgehead atoms. The van der Waals surface area contributed by atoms with E-state index in [1.54, 1.807) is 30.1 Å². The highest BCUT2D eigenvalue weighted by Gasteiger charge is 2.27. The number of nitro groups is 1. The van der Waals surface area contributed by atoms with Crippen LogP contribution in [0.4, 0.5) is 11.4 Å². The Morgan fingerprint density at radius 3 is 2.82 bits per heavy atom. The minimum absolute atomic E-state index is 0.00975. The minimum Gasteiger partial charge on any atom is -0.393 e. The summed E-state index contributed by atoms with van der Waals surface area (Å²) in [5.41, 5.74) is 0.277. The number of nitro benzene ring substituents is 1. The largest absolute Gasteiger partial charge is 0.393 e. The third kappa shape index (κ3) is 3.94. The van der Waals surface area contributed by atoms with Gasteiger partial charge in [0, 0.05) is 25.6 Å². The number of benzene rings is 1. The maximum Gasteiger partial charge on any atom is 0.292 e. The Labute approximate surface area is 129 Å². The third-order valence-electron chi connectivity index (χ3n) is 4.08. The summed E-state index contributed by atoms with van der Waals surface area (Å²) in [5, 5.41) is 23.5. The number of nitrogens with one attached hydrogen (secondary N) is 1. The molecule has 7 nitrogen and oxygen atoms in total. The maximum absolute atomic E-state index is 12.1. The third-order valence-corrected chi connectivity index (χ3v) is 4.08. The van der Waals surface area contributed by atoms with Crippen molar-refractivity contribution >= 4 is 17.3 Å². The molecule has 1 saturated carbocycles. The van der Waals surface area contributed by atoms with Gasteiger partial charge in [-0.25, -0.2) is 0 Å². The molecule has 1 aliphatic rings. The summed E-state index contributed by atoms with van der Waals surface area (Å²) in [4.78, 5) is 24.1. The van der Waals surface area contributed by atoms with Crippen LogP contribution in [-0.4, -0.2) is 47.1 Å². The standard InChI is InChI=1S/C15H21N3O4/c1-17(10-11-5-4-8-14(11)19)15(20)9-16-12-6-2-3-7-13(12)18(21)22/h2-3,6-7,11,14,16,19H,4-5,8-10H2,1H3. The van der Waals surface area contributed by atoms with Crippen molar-refractivity contribution in [2.75, 3.05) is 25.5 Å². The fourth-order valence-electron chi connectivity index (χ4n) is 2.77. The van der Waals surface area contributed by atoms with Gasteiger partial charge >= 0.3 is 0 Å². The van der Waals surface area contributed by atoms with Crippen LogP contribution in [0.25, 0.3) is 0 Å². The molecule has 7 heteroatoms.